The van der Waals surface area contributed by atoms with Gasteiger partial charge in [0.2, 0.25) is 0 Å². The topological polar surface area (TPSA) is 79.0 Å². The maximum Gasteiger partial charge on any atom is 0.573 e. The molecule has 2 aromatic carbocycles. The number of halogens is 3. The monoisotopic (exact) mass is 417 g/mol. The van der Waals surface area contributed by atoms with Gasteiger partial charge in [0.1, 0.15) is 5.75 Å². The van der Waals surface area contributed by atoms with E-state index in [1.54, 1.807) is 0 Å². The van der Waals surface area contributed by atoms with Gasteiger partial charge >= 0.3 is 16.6 Å². The van der Waals surface area contributed by atoms with Crippen LogP contribution in [0.5, 0.6) is 5.75 Å². The first kappa shape index (κ1) is 21.5. The van der Waals surface area contributed by atoms with Crippen LogP contribution in [0.2, 0.25) is 0 Å². The number of nitrogens with zero attached hydrogens (tertiary/aromatic N) is 2. The first-order valence-corrected chi connectivity index (χ1v) is 9.23. The first-order chi connectivity index (χ1) is 12.9. The number of hydrogen-bond donors (Lipinski definition) is 1. The summed E-state index contributed by atoms with van der Waals surface area (Å²) in [6, 6.07) is 10.5. The van der Waals surface area contributed by atoms with Gasteiger partial charge in [-0.2, -0.15) is 12.7 Å². The molecular formula is C17H18F3N3O4S. The fraction of sp³-hybridized carbons (Fsp3) is 0.235. The molecule has 2 aromatic rings. The van der Waals surface area contributed by atoms with E-state index in [2.05, 4.69) is 10.1 Å². The number of carbonyl (C=O) groups excluding carboxylic acids is 1. The van der Waals surface area contributed by atoms with Crippen molar-refractivity contribution < 1.29 is 31.1 Å². The third-order valence-corrected chi connectivity index (χ3v) is 5.47. The van der Waals surface area contributed by atoms with Crippen LogP contribution in [0.4, 0.5) is 24.5 Å². The Balaban J connectivity index is 2.07. The quantitative estimate of drug-likeness (QED) is 0.784. The molecule has 1 amide bonds. The van der Waals surface area contributed by atoms with Crippen LogP contribution in [-0.2, 0) is 10.2 Å². The second kappa shape index (κ2) is 8.07. The highest BCUT2D eigenvalue weighted by Crippen LogP contribution is 2.24. The van der Waals surface area contributed by atoms with Crippen molar-refractivity contribution in [2.24, 2.45) is 0 Å². The van der Waals surface area contributed by atoms with Gasteiger partial charge in [0.25, 0.3) is 5.91 Å². The Morgan fingerprint density at radius 2 is 1.50 bits per heavy atom. The molecule has 0 aliphatic rings. The fourth-order valence-corrected chi connectivity index (χ4v) is 3.02. The summed E-state index contributed by atoms with van der Waals surface area (Å²) in [5.41, 5.74) is 0.879. The molecule has 2 rings (SSSR count). The van der Waals surface area contributed by atoms with Crippen LogP contribution >= 0.6 is 0 Å². The third kappa shape index (κ3) is 5.36. The minimum absolute atomic E-state index is 0.245. The standard InChI is InChI=1S/C17H18F3N3O4S/c1-22(2)28(25,26)23(3)14-8-4-12(5-9-14)16(24)21-13-6-10-15(11-7-13)27-17(18,19)20/h4-11H,1-3H3,(H,21,24). The van der Waals surface area contributed by atoms with Crippen molar-refractivity contribution in [3.8, 4) is 5.75 Å². The maximum absolute atomic E-state index is 12.3. The van der Waals surface area contributed by atoms with Gasteiger partial charge in [-0.05, 0) is 48.5 Å². The predicted molar refractivity (Wildman–Crippen MR) is 98.5 cm³/mol. The van der Waals surface area contributed by atoms with E-state index in [1.807, 2.05) is 0 Å². The van der Waals surface area contributed by atoms with Crippen LogP contribution in [0.3, 0.4) is 0 Å². The zero-order valence-electron chi connectivity index (χ0n) is 15.2. The van der Waals surface area contributed by atoms with Crippen LogP contribution in [0.25, 0.3) is 0 Å². The summed E-state index contributed by atoms with van der Waals surface area (Å²) >= 11 is 0. The van der Waals surface area contributed by atoms with E-state index in [0.29, 0.717) is 5.69 Å². The maximum atomic E-state index is 12.3. The molecule has 11 heteroatoms. The minimum Gasteiger partial charge on any atom is -0.406 e. The molecule has 0 atom stereocenters. The number of alkyl halides is 3. The van der Waals surface area contributed by atoms with Crippen molar-refractivity contribution in [1.82, 2.24) is 4.31 Å². The second-order valence-electron chi connectivity index (χ2n) is 5.83. The lowest BCUT2D eigenvalue weighted by atomic mass is 10.2. The van der Waals surface area contributed by atoms with E-state index in [1.165, 1.54) is 57.5 Å². The second-order valence-corrected chi connectivity index (χ2v) is 8.00. The highest BCUT2D eigenvalue weighted by atomic mass is 32.2. The lowest BCUT2D eigenvalue weighted by Gasteiger charge is -2.23. The number of benzene rings is 2. The van der Waals surface area contributed by atoms with Crippen molar-refractivity contribution in [2.75, 3.05) is 30.8 Å². The van der Waals surface area contributed by atoms with Crippen LogP contribution in [0, 0.1) is 0 Å². The summed E-state index contributed by atoms with van der Waals surface area (Å²) in [7, 11) is 0.532. The Morgan fingerprint density at radius 1 is 0.964 bits per heavy atom. The van der Waals surface area contributed by atoms with Crippen LogP contribution < -0.4 is 14.4 Å². The number of nitrogens with one attached hydrogen (secondary N) is 1. The SMILES string of the molecule is CN(C)S(=O)(=O)N(C)c1ccc(C(=O)Nc2ccc(OC(F)(F)F)cc2)cc1. The van der Waals surface area contributed by atoms with Crippen molar-refractivity contribution in [1.29, 1.82) is 0 Å². The molecule has 0 spiro atoms. The molecule has 28 heavy (non-hydrogen) atoms. The Hall–Kier alpha value is -2.79. The summed E-state index contributed by atoms with van der Waals surface area (Å²) in [5, 5.41) is 2.53. The Kier molecular flexibility index (Phi) is 6.20. The molecule has 0 saturated carbocycles. The summed E-state index contributed by atoms with van der Waals surface area (Å²) in [6.07, 6.45) is -4.79. The Labute approximate surface area is 160 Å². The van der Waals surface area contributed by atoms with Gasteiger partial charge in [-0.25, -0.2) is 0 Å². The average Bonchev–Trinajstić information content (AvgIpc) is 2.61. The van der Waals surface area contributed by atoms with Gasteiger partial charge in [0.05, 0.1) is 5.69 Å². The summed E-state index contributed by atoms with van der Waals surface area (Å²) in [6.45, 7) is 0. The minimum atomic E-state index is -4.79. The molecule has 0 unspecified atom stereocenters. The third-order valence-electron chi connectivity index (χ3n) is 3.65. The number of hydrogen-bond acceptors (Lipinski definition) is 4. The smallest absolute Gasteiger partial charge is 0.406 e. The van der Waals surface area contributed by atoms with Crippen molar-refractivity contribution in [2.45, 2.75) is 6.36 Å². The van der Waals surface area contributed by atoms with Gasteiger partial charge in [0, 0.05) is 32.4 Å². The highest BCUT2D eigenvalue weighted by molar-refractivity contribution is 7.90. The molecule has 0 aliphatic carbocycles. The number of carbonyl (C=O) groups is 1. The van der Waals surface area contributed by atoms with E-state index in [9.17, 15) is 26.4 Å². The van der Waals surface area contributed by atoms with E-state index < -0.39 is 28.2 Å². The summed E-state index contributed by atoms with van der Waals surface area (Å²) in [4.78, 5) is 12.3. The number of ether oxygens (including phenoxy) is 1. The van der Waals surface area contributed by atoms with E-state index in [0.717, 1.165) is 20.7 Å². The molecule has 0 bridgehead atoms. The van der Waals surface area contributed by atoms with Crippen LogP contribution in [0.1, 0.15) is 10.4 Å². The lowest BCUT2D eigenvalue weighted by molar-refractivity contribution is -0.274. The van der Waals surface area contributed by atoms with Crippen LogP contribution in [-0.4, -0.2) is 46.1 Å². The molecule has 0 heterocycles. The highest BCUT2D eigenvalue weighted by Gasteiger charge is 2.31. The summed E-state index contributed by atoms with van der Waals surface area (Å²) < 4.78 is 66.5. The largest absolute Gasteiger partial charge is 0.573 e. The summed E-state index contributed by atoms with van der Waals surface area (Å²) in [5.74, 6) is -0.908. The van der Waals surface area contributed by atoms with Crippen molar-refractivity contribution in [3.05, 3.63) is 54.1 Å². The number of rotatable bonds is 6. The van der Waals surface area contributed by atoms with Gasteiger partial charge in [-0.3, -0.25) is 9.10 Å². The zero-order valence-corrected chi connectivity index (χ0v) is 16.0. The van der Waals surface area contributed by atoms with Crippen molar-refractivity contribution in [3.63, 3.8) is 0 Å². The van der Waals surface area contributed by atoms with E-state index >= 15 is 0 Å². The zero-order chi connectivity index (χ0) is 21.1. The first-order valence-electron chi connectivity index (χ1n) is 7.84. The molecular weight excluding hydrogens is 399 g/mol. The van der Waals surface area contributed by atoms with Crippen LogP contribution in [0.15, 0.2) is 48.5 Å². The molecule has 0 aromatic heterocycles. The molecule has 0 fully saturated rings. The number of amides is 1. The molecule has 152 valence electrons. The number of anilines is 2. The van der Waals surface area contributed by atoms with E-state index in [4.69, 9.17) is 0 Å². The Bertz CT molecular complexity index is 928. The molecule has 7 nitrogen and oxygen atoms in total. The van der Waals surface area contributed by atoms with Crippen molar-refractivity contribution >= 4 is 27.5 Å². The molecule has 0 aliphatic heterocycles. The molecule has 0 saturated heterocycles. The molecule has 1 N–H and O–H groups in total. The van der Waals surface area contributed by atoms with Gasteiger partial charge in [-0.15, -0.1) is 13.2 Å². The predicted octanol–water partition coefficient (Wildman–Crippen LogP) is 3.08. The van der Waals surface area contributed by atoms with E-state index in [-0.39, 0.29) is 11.3 Å². The van der Waals surface area contributed by atoms with Gasteiger partial charge in [0.15, 0.2) is 0 Å². The molecule has 0 radical (unpaired) electrons. The van der Waals surface area contributed by atoms with Gasteiger partial charge < -0.3 is 10.1 Å². The normalized spacial score (nSPS) is 12.0. The fourth-order valence-electron chi connectivity index (χ4n) is 2.14. The average molecular weight is 417 g/mol. The lowest BCUT2D eigenvalue weighted by Crippen LogP contribution is -2.37. The van der Waals surface area contributed by atoms with Gasteiger partial charge in [-0.1, -0.05) is 0 Å². The Morgan fingerprint density at radius 3 is 1.96 bits per heavy atom.